The molecule has 0 radical (unpaired) electrons. The number of methoxy groups -OCH3 is 1. The van der Waals surface area contributed by atoms with Crippen molar-refractivity contribution in [1.82, 2.24) is 5.32 Å². The second-order valence-corrected chi connectivity index (χ2v) is 5.80. The van der Waals surface area contributed by atoms with Crippen LogP contribution in [0.5, 0.6) is 11.5 Å². The van der Waals surface area contributed by atoms with Gasteiger partial charge in [0.25, 0.3) is 5.91 Å². The van der Waals surface area contributed by atoms with E-state index in [4.69, 9.17) is 9.47 Å². The van der Waals surface area contributed by atoms with Crippen LogP contribution in [0.15, 0.2) is 66.7 Å². The molecule has 0 spiro atoms. The highest BCUT2D eigenvalue weighted by molar-refractivity contribution is 5.89. The molecule has 0 fully saturated rings. The molecule has 1 N–H and O–H groups in total. The summed E-state index contributed by atoms with van der Waals surface area (Å²) in [7, 11) is 1.63. The molecule has 4 nitrogen and oxygen atoms in total. The molecule has 0 saturated heterocycles. The Hall–Kier alpha value is -3.01. The van der Waals surface area contributed by atoms with Crippen LogP contribution < -0.4 is 14.8 Å². The lowest BCUT2D eigenvalue weighted by atomic mass is 10.1. The van der Waals surface area contributed by atoms with Gasteiger partial charge < -0.3 is 14.8 Å². The summed E-state index contributed by atoms with van der Waals surface area (Å²) < 4.78 is 11.0. The summed E-state index contributed by atoms with van der Waals surface area (Å²) in [5, 5.41) is 4.99. The van der Waals surface area contributed by atoms with Crippen molar-refractivity contribution < 1.29 is 14.3 Å². The molecular formula is C21H21NO3. The van der Waals surface area contributed by atoms with Crippen LogP contribution in [0.2, 0.25) is 0 Å². The first kappa shape index (κ1) is 16.8. The fourth-order valence-electron chi connectivity index (χ4n) is 2.62. The number of amides is 1. The van der Waals surface area contributed by atoms with Crippen molar-refractivity contribution in [3.05, 3.63) is 72.3 Å². The minimum atomic E-state index is -0.580. The predicted octanol–water partition coefficient (Wildman–Crippen LogP) is 3.93. The maximum Gasteiger partial charge on any atom is 0.261 e. The highest BCUT2D eigenvalue weighted by Gasteiger charge is 2.15. The second-order valence-electron chi connectivity index (χ2n) is 5.80. The van der Waals surface area contributed by atoms with Gasteiger partial charge in [0.2, 0.25) is 0 Å². The Bertz CT molecular complexity index is 853. The molecule has 1 unspecified atom stereocenters. The van der Waals surface area contributed by atoms with E-state index in [0.29, 0.717) is 12.3 Å². The van der Waals surface area contributed by atoms with Gasteiger partial charge in [0, 0.05) is 11.9 Å². The Labute approximate surface area is 147 Å². The highest BCUT2D eigenvalue weighted by atomic mass is 16.5. The van der Waals surface area contributed by atoms with Crippen LogP contribution in [-0.2, 0) is 11.3 Å². The summed E-state index contributed by atoms with van der Waals surface area (Å²) in [5.74, 6) is 1.36. The van der Waals surface area contributed by atoms with Crippen LogP contribution in [0, 0.1) is 0 Å². The van der Waals surface area contributed by atoms with Crippen LogP contribution in [-0.4, -0.2) is 19.1 Å². The Morgan fingerprint density at radius 3 is 2.48 bits per heavy atom. The molecule has 1 amide bonds. The van der Waals surface area contributed by atoms with Gasteiger partial charge in [-0.05, 0) is 36.1 Å². The van der Waals surface area contributed by atoms with Crippen LogP contribution in [0.3, 0.4) is 0 Å². The largest absolute Gasteiger partial charge is 0.497 e. The van der Waals surface area contributed by atoms with E-state index >= 15 is 0 Å². The lowest BCUT2D eigenvalue weighted by Crippen LogP contribution is -2.35. The van der Waals surface area contributed by atoms with E-state index in [0.717, 1.165) is 22.1 Å². The van der Waals surface area contributed by atoms with Crippen molar-refractivity contribution in [3.8, 4) is 11.5 Å². The van der Waals surface area contributed by atoms with Crippen molar-refractivity contribution in [2.75, 3.05) is 7.11 Å². The first-order valence-electron chi connectivity index (χ1n) is 8.22. The van der Waals surface area contributed by atoms with E-state index in [1.54, 1.807) is 14.0 Å². The molecule has 0 heterocycles. The Balaban J connectivity index is 1.62. The Kier molecular flexibility index (Phi) is 5.19. The molecule has 3 rings (SSSR count). The molecule has 1 atom stereocenters. The van der Waals surface area contributed by atoms with E-state index in [2.05, 4.69) is 5.32 Å². The standard InChI is InChI=1S/C21H21NO3/c1-15(21(23)22-14-16-10-12-18(24-2)13-11-16)25-20-9-5-7-17-6-3-4-8-19(17)20/h3-13,15H,14H2,1-2H3,(H,22,23). The van der Waals surface area contributed by atoms with Crippen LogP contribution in [0.4, 0.5) is 0 Å². The molecule has 0 aliphatic rings. The van der Waals surface area contributed by atoms with E-state index in [9.17, 15) is 4.79 Å². The number of carbonyl (C=O) groups is 1. The third kappa shape index (κ3) is 4.10. The molecule has 128 valence electrons. The number of hydrogen-bond donors (Lipinski definition) is 1. The number of rotatable bonds is 6. The molecule has 4 heteroatoms. The second kappa shape index (κ2) is 7.71. The van der Waals surface area contributed by atoms with Gasteiger partial charge in [-0.2, -0.15) is 0 Å². The van der Waals surface area contributed by atoms with Gasteiger partial charge in [-0.15, -0.1) is 0 Å². The molecule has 3 aromatic carbocycles. The number of hydrogen-bond acceptors (Lipinski definition) is 3. The van der Waals surface area contributed by atoms with E-state index in [1.807, 2.05) is 66.7 Å². The SMILES string of the molecule is COc1ccc(CNC(=O)C(C)Oc2cccc3ccccc23)cc1. The maximum atomic E-state index is 12.3. The number of carbonyl (C=O) groups excluding carboxylic acids is 1. The summed E-state index contributed by atoms with van der Waals surface area (Å²) in [5.41, 5.74) is 1.01. The minimum Gasteiger partial charge on any atom is -0.497 e. The van der Waals surface area contributed by atoms with Gasteiger partial charge in [0.05, 0.1) is 7.11 Å². The molecule has 3 aromatic rings. The monoisotopic (exact) mass is 335 g/mol. The van der Waals surface area contributed by atoms with Gasteiger partial charge in [-0.3, -0.25) is 4.79 Å². The molecule has 25 heavy (non-hydrogen) atoms. The first-order chi connectivity index (χ1) is 12.2. The zero-order valence-electron chi connectivity index (χ0n) is 14.4. The van der Waals surface area contributed by atoms with Crippen molar-refractivity contribution in [3.63, 3.8) is 0 Å². The summed E-state index contributed by atoms with van der Waals surface area (Å²) >= 11 is 0. The fraction of sp³-hybridized carbons (Fsp3) is 0.190. The Morgan fingerprint density at radius 1 is 1.00 bits per heavy atom. The van der Waals surface area contributed by atoms with Crippen molar-refractivity contribution in [2.24, 2.45) is 0 Å². The van der Waals surface area contributed by atoms with E-state index in [1.165, 1.54) is 0 Å². The average Bonchev–Trinajstić information content (AvgIpc) is 2.66. The third-order valence-corrected chi connectivity index (χ3v) is 4.05. The molecule has 0 aliphatic heterocycles. The summed E-state index contributed by atoms with van der Waals surface area (Å²) in [6.45, 7) is 2.21. The zero-order valence-corrected chi connectivity index (χ0v) is 14.4. The number of ether oxygens (including phenoxy) is 2. The fourth-order valence-corrected chi connectivity index (χ4v) is 2.62. The van der Waals surface area contributed by atoms with E-state index < -0.39 is 6.10 Å². The Morgan fingerprint density at radius 2 is 1.72 bits per heavy atom. The smallest absolute Gasteiger partial charge is 0.261 e. The van der Waals surface area contributed by atoms with Gasteiger partial charge in [-0.25, -0.2) is 0 Å². The highest BCUT2D eigenvalue weighted by Crippen LogP contribution is 2.26. The topological polar surface area (TPSA) is 47.6 Å². The molecule has 0 bridgehead atoms. The first-order valence-corrected chi connectivity index (χ1v) is 8.22. The molecule has 0 saturated carbocycles. The normalized spacial score (nSPS) is 11.8. The van der Waals surface area contributed by atoms with E-state index in [-0.39, 0.29) is 5.91 Å². The van der Waals surface area contributed by atoms with Crippen LogP contribution in [0.25, 0.3) is 10.8 Å². The van der Waals surface area contributed by atoms with Crippen molar-refractivity contribution in [1.29, 1.82) is 0 Å². The quantitative estimate of drug-likeness (QED) is 0.742. The van der Waals surface area contributed by atoms with Gasteiger partial charge in [0.1, 0.15) is 11.5 Å². The summed E-state index contributed by atoms with van der Waals surface area (Å²) in [6, 6.07) is 21.4. The van der Waals surface area contributed by atoms with Crippen LogP contribution in [0.1, 0.15) is 12.5 Å². The number of fused-ring (bicyclic) bond motifs is 1. The lowest BCUT2D eigenvalue weighted by Gasteiger charge is -2.16. The van der Waals surface area contributed by atoms with Gasteiger partial charge in [0.15, 0.2) is 6.10 Å². The predicted molar refractivity (Wildman–Crippen MR) is 98.9 cm³/mol. The van der Waals surface area contributed by atoms with Crippen molar-refractivity contribution >= 4 is 16.7 Å². The maximum absolute atomic E-state index is 12.3. The molecule has 0 aromatic heterocycles. The van der Waals surface area contributed by atoms with Crippen LogP contribution >= 0.6 is 0 Å². The lowest BCUT2D eigenvalue weighted by molar-refractivity contribution is -0.127. The van der Waals surface area contributed by atoms with Gasteiger partial charge >= 0.3 is 0 Å². The molecule has 0 aliphatic carbocycles. The summed E-state index contributed by atoms with van der Waals surface area (Å²) in [4.78, 5) is 12.3. The van der Waals surface area contributed by atoms with Gasteiger partial charge in [-0.1, -0.05) is 48.5 Å². The summed E-state index contributed by atoms with van der Waals surface area (Å²) in [6.07, 6.45) is -0.580. The number of nitrogens with one attached hydrogen (secondary N) is 1. The number of benzene rings is 3. The zero-order chi connectivity index (χ0) is 17.6. The average molecular weight is 335 g/mol. The third-order valence-electron chi connectivity index (χ3n) is 4.05. The van der Waals surface area contributed by atoms with Crippen molar-refractivity contribution in [2.45, 2.75) is 19.6 Å². The minimum absolute atomic E-state index is 0.149. The molecular weight excluding hydrogens is 314 g/mol.